The number of benzene rings is 1. The highest BCUT2D eigenvalue weighted by Gasteiger charge is 2.27. The van der Waals surface area contributed by atoms with Crippen molar-refractivity contribution in [2.24, 2.45) is 5.92 Å². The number of rotatable bonds is 16. The van der Waals surface area contributed by atoms with E-state index >= 15 is 0 Å². The first-order chi connectivity index (χ1) is 19.0. The summed E-state index contributed by atoms with van der Waals surface area (Å²) in [7, 11) is 0. The molecule has 0 N–H and O–H groups in total. The van der Waals surface area contributed by atoms with E-state index in [1.54, 1.807) is 6.07 Å². The summed E-state index contributed by atoms with van der Waals surface area (Å²) in [6.07, 6.45) is 15.4. The van der Waals surface area contributed by atoms with Crippen LogP contribution in [0.1, 0.15) is 108 Å². The first kappa shape index (κ1) is 30.5. The molecule has 212 valence electrons. The molecular formula is C32H44FN3O3. The van der Waals surface area contributed by atoms with E-state index in [9.17, 15) is 14.4 Å². The lowest BCUT2D eigenvalue weighted by Crippen LogP contribution is -2.30. The van der Waals surface area contributed by atoms with Gasteiger partial charge in [0, 0.05) is 18.0 Å². The van der Waals surface area contributed by atoms with Gasteiger partial charge in [-0.3, -0.25) is 0 Å². The Kier molecular flexibility index (Phi) is 13.2. The Morgan fingerprint density at radius 3 is 2.41 bits per heavy atom. The van der Waals surface area contributed by atoms with Gasteiger partial charge in [-0.1, -0.05) is 58.8 Å². The van der Waals surface area contributed by atoms with Crippen molar-refractivity contribution in [3.63, 3.8) is 0 Å². The first-order valence-corrected chi connectivity index (χ1v) is 14.9. The Morgan fingerprint density at radius 2 is 1.72 bits per heavy atom. The molecule has 0 radical (unpaired) electrons. The lowest BCUT2D eigenvalue weighted by Gasteiger charge is -2.28. The monoisotopic (exact) mass is 537 g/mol. The number of aromatic nitrogens is 2. The van der Waals surface area contributed by atoms with E-state index in [1.807, 2.05) is 31.5 Å². The van der Waals surface area contributed by atoms with E-state index in [1.165, 1.54) is 32.1 Å². The number of unbranched alkanes of at least 4 members (excludes halogenated alkanes) is 6. The van der Waals surface area contributed by atoms with Crippen LogP contribution in [0.2, 0.25) is 0 Å². The van der Waals surface area contributed by atoms with Gasteiger partial charge in [0.2, 0.25) is 0 Å². The molecule has 7 heteroatoms. The molecular weight excluding hydrogens is 493 g/mol. The summed E-state index contributed by atoms with van der Waals surface area (Å²) in [4.78, 5) is 21.0. The molecule has 2 aromatic rings. The third-order valence-corrected chi connectivity index (χ3v) is 7.50. The van der Waals surface area contributed by atoms with Crippen LogP contribution in [0.25, 0.3) is 11.4 Å². The second kappa shape index (κ2) is 16.8. The number of esters is 1. The Bertz CT molecular complexity index is 1050. The third-order valence-electron chi connectivity index (χ3n) is 7.50. The van der Waals surface area contributed by atoms with Gasteiger partial charge in [0.05, 0.1) is 12.2 Å². The van der Waals surface area contributed by atoms with Crippen LogP contribution in [-0.2, 0) is 16.0 Å². The summed E-state index contributed by atoms with van der Waals surface area (Å²) in [6, 6.07) is 7.71. The highest BCUT2D eigenvalue weighted by Crippen LogP contribution is 2.30. The van der Waals surface area contributed by atoms with Crippen molar-refractivity contribution >= 4 is 5.97 Å². The number of ether oxygens (including phenoxy) is 2. The molecule has 0 spiro atoms. The standard InChI is InChI=1S/C32H44FN3O3/c1-3-5-7-8-9-10-11-25-21-35-31(36-22-25)26-15-18-30(27(19-26)20-34)38-23-24-13-16-28(17-14-24)39-32(37)29(33)12-6-4-2/h15,18-19,21-22,24,28-29H,3-14,16-17,23H2,1-2H3/t24-,28-,29-/m0/s1. The number of nitriles is 1. The Balaban J connectivity index is 1.44. The fourth-order valence-corrected chi connectivity index (χ4v) is 4.99. The molecule has 1 saturated carbocycles. The van der Waals surface area contributed by atoms with Gasteiger partial charge >= 0.3 is 5.97 Å². The van der Waals surface area contributed by atoms with E-state index in [2.05, 4.69) is 23.0 Å². The van der Waals surface area contributed by atoms with Crippen LogP contribution in [0.5, 0.6) is 5.75 Å². The Labute approximate surface area is 233 Å². The average molecular weight is 538 g/mol. The second-order valence-electron chi connectivity index (χ2n) is 10.8. The van der Waals surface area contributed by atoms with E-state index in [0.717, 1.165) is 43.2 Å². The van der Waals surface area contributed by atoms with Crippen LogP contribution in [-0.4, -0.2) is 34.8 Å². The molecule has 0 unspecified atom stereocenters. The first-order valence-electron chi connectivity index (χ1n) is 14.9. The van der Waals surface area contributed by atoms with E-state index in [-0.39, 0.29) is 12.5 Å². The minimum absolute atomic E-state index is 0.222. The molecule has 0 saturated heterocycles. The van der Waals surface area contributed by atoms with Gasteiger partial charge in [-0.05, 0) is 74.6 Å². The van der Waals surface area contributed by atoms with E-state index in [4.69, 9.17) is 9.47 Å². The maximum absolute atomic E-state index is 13.9. The molecule has 1 aromatic carbocycles. The van der Waals surface area contributed by atoms with Gasteiger partial charge in [-0.25, -0.2) is 19.2 Å². The molecule has 0 amide bonds. The molecule has 1 atom stereocenters. The van der Waals surface area contributed by atoms with Crippen molar-refractivity contribution in [3.05, 3.63) is 41.7 Å². The quantitative estimate of drug-likeness (QED) is 0.160. The van der Waals surface area contributed by atoms with Gasteiger partial charge in [-0.15, -0.1) is 0 Å². The van der Waals surface area contributed by atoms with Crippen molar-refractivity contribution in [2.75, 3.05) is 6.61 Å². The van der Waals surface area contributed by atoms with E-state index < -0.39 is 12.1 Å². The fraction of sp³-hybridized carbons (Fsp3) is 0.625. The van der Waals surface area contributed by atoms with E-state index in [0.29, 0.717) is 48.9 Å². The van der Waals surface area contributed by atoms with Crippen LogP contribution in [0, 0.1) is 17.2 Å². The average Bonchev–Trinajstić information content (AvgIpc) is 2.97. The van der Waals surface area contributed by atoms with Crippen molar-refractivity contribution in [1.82, 2.24) is 9.97 Å². The molecule has 39 heavy (non-hydrogen) atoms. The smallest absolute Gasteiger partial charge is 0.340 e. The number of hydrogen-bond acceptors (Lipinski definition) is 6. The number of halogens is 1. The Hall–Kier alpha value is -3.01. The summed E-state index contributed by atoms with van der Waals surface area (Å²) in [5, 5.41) is 9.71. The summed E-state index contributed by atoms with van der Waals surface area (Å²) in [5.41, 5.74) is 2.38. The van der Waals surface area contributed by atoms with Gasteiger partial charge in [-0.2, -0.15) is 5.26 Å². The highest BCUT2D eigenvalue weighted by atomic mass is 19.1. The minimum Gasteiger partial charge on any atom is -0.492 e. The van der Waals surface area contributed by atoms with Crippen LogP contribution in [0.4, 0.5) is 4.39 Å². The van der Waals surface area contributed by atoms with Gasteiger partial charge in [0.25, 0.3) is 0 Å². The molecule has 0 aliphatic heterocycles. The maximum Gasteiger partial charge on any atom is 0.340 e. The zero-order valence-corrected chi connectivity index (χ0v) is 23.7. The maximum atomic E-state index is 13.9. The molecule has 1 fully saturated rings. The van der Waals surface area contributed by atoms with Crippen molar-refractivity contribution in [2.45, 2.75) is 116 Å². The minimum atomic E-state index is -1.52. The number of hydrogen-bond donors (Lipinski definition) is 0. The summed E-state index contributed by atoms with van der Waals surface area (Å²) < 4.78 is 25.3. The summed E-state index contributed by atoms with van der Waals surface area (Å²) in [6.45, 7) is 4.69. The van der Waals surface area contributed by atoms with Gasteiger partial charge < -0.3 is 9.47 Å². The van der Waals surface area contributed by atoms with Crippen molar-refractivity contribution < 1.29 is 18.7 Å². The van der Waals surface area contributed by atoms with Crippen LogP contribution in [0.3, 0.4) is 0 Å². The molecule has 1 heterocycles. The Morgan fingerprint density at radius 1 is 1.03 bits per heavy atom. The SMILES string of the molecule is CCCCCCCCc1cnc(-c2ccc(OC[C@H]3CC[C@H](OC(=O)[C@@H](F)CCCC)CC3)c(C#N)c2)nc1. The molecule has 1 aromatic heterocycles. The van der Waals surface area contributed by atoms with Crippen molar-refractivity contribution in [1.29, 1.82) is 5.26 Å². The second-order valence-corrected chi connectivity index (χ2v) is 10.8. The largest absolute Gasteiger partial charge is 0.492 e. The predicted octanol–water partition coefficient (Wildman–Crippen LogP) is 7.93. The molecule has 6 nitrogen and oxygen atoms in total. The number of carbonyl (C=O) groups is 1. The zero-order valence-electron chi connectivity index (χ0n) is 23.7. The number of aryl methyl sites for hydroxylation is 1. The lowest BCUT2D eigenvalue weighted by molar-refractivity contribution is -0.157. The zero-order chi connectivity index (χ0) is 27.9. The third kappa shape index (κ3) is 10.2. The lowest BCUT2D eigenvalue weighted by atomic mass is 9.88. The number of nitrogens with zero attached hydrogens (tertiary/aromatic N) is 3. The van der Waals surface area contributed by atoms with Gasteiger partial charge in [0.15, 0.2) is 12.0 Å². The fourth-order valence-electron chi connectivity index (χ4n) is 4.99. The highest BCUT2D eigenvalue weighted by molar-refractivity contribution is 5.74. The van der Waals surface area contributed by atoms with Crippen LogP contribution < -0.4 is 4.74 Å². The molecule has 1 aliphatic rings. The van der Waals surface area contributed by atoms with Gasteiger partial charge in [0.1, 0.15) is 17.9 Å². The molecule has 1 aliphatic carbocycles. The number of carbonyl (C=O) groups excluding carboxylic acids is 1. The molecule has 0 bridgehead atoms. The van der Waals surface area contributed by atoms with Crippen LogP contribution in [0.15, 0.2) is 30.6 Å². The topological polar surface area (TPSA) is 85.1 Å². The summed E-state index contributed by atoms with van der Waals surface area (Å²) in [5.74, 6) is 0.724. The van der Waals surface area contributed by atoms with Crippen LogP contribution >= 0.6 is 0 Å². The predicted molar refractivity (Wildman–Crippen MR) is 151 cm³/mol. The summed E-state index contributed by atoms with van der Waals surface area (Å²) >= 11 is 0. The number of alkyl halides is 1. The molecule has 3 rings (SSSR count). The van der Waals surface area contributed by atoms with Crippen molar-refractivity contribution in [3.8, 4) is 23.2 Å². The normalized spacial score (nSPS) is 17.8.